The van der Waals surface area contributed by atoms with Crippen molar-refractivity contribution in [3.63, 3.8) is 0 Å². The summed E-state index contributed by atoms with van der Waals surface area (Å²) in [5, 5.41) is 9.10. The average Bonchev–Trinajstić information content (AvgIpc) is 3.10. The molecule has 0 atom stereocenters. The molecule has 0 saturated carbocycles. The summed E-state index contributed by atoms with van der Waals surface area (Å²) in [6, 6.07) is 28.9. The Bertz CT molecular complexity index is 1150. The molecule has 5 nitrogen and oxygen atoms in total. The van der Waals surface area contributed by atoms with Gasteiger partial charge in [-0.25, -0.2) is 10.1 Å². The van der Waals surface area contributed by atoms with E-state index in [4.69, 9.17) is 11.6 Å². The molecule has 0 aliphatic carbocycles. The number of aromatic nitrogens is 2. The SMILES string of the molecule is Cc1nn(-c2ccccc2)c(Cl)c1/C=N/NC(=O)C(c1ccccc1)c1ccccc1. The molecule has 0 saturated heterocycles. The van der Waals surface area contributed by atoms with Gasteiger partial charge < -0.3 is 0 Å². The van der Waals surface area contributed by atoms with Crippen LogP contribution in [0.25, 0.3) is 5.69 Å². The summed E-state index contributed by atoms with van der Waals surface area (Å²) in [4.78, 5) is 13.1. The molecule has 0 aliphatic heterocycles. The van der Waals surface area contributed by atoms with Crippen molar-refractivity contribution in [2.75, 3.05) is 0 Å². The zero-order chi connectivity index (χ0) is 21.6. The zero-order valence-electron chi connectivity index (χ0n) is 16.9. The summed E-state index contributed by atoms with van der Waals surface area (Å²) in [6.45, 7) is 1.85. The van der Waals surface area contributed by atoms with Crippen LogP contribution in [0.1, 0.15) is 28.3 Å². The molecular formula is C25H21ClN4O. The van der Waals surface area contributed by atoms with Gasteiger partial charge >= 0.3 is 0 Å². The molecule has 4 aromatic rings. The molecule has 154 valence electrons. The van der Waals surface area contributed by atoms with Crippen LogP contribution < -0.4 is 5.43 Å². The Hall–Kier alpha value is -3.70. The summed E-state index contributed by atoms with van der Waals surface area (Å²) in [5.74, 6) is -0.693. The molecule has 0 radical (unpaired) electrons. The molecule has 0 spiro atoms. The zero-order valence-corrected chi connectivity index (χ0v) is 17.7. The number of nitrogens with zero attached hydrogens (tertiary/aromatic N) is 3. The number of hydrazone groups is 1. The van der Waals surface area contributed by atoms with Crippen LogP contribution in [0, 0.1) is 6.92 Å². The number of hydrogen-bond donors (Lipinski definition) is 1. The highest BCUT2D eigenvalue weighted by Gasteiger charge is 2.22. The van der Waals surface area contributed by atoms with Crippen molar-refractivity contribution in [2.45, 2.75) is 12.8 Å². The third-order valence-corrected chi connectivity index (χ3v) is 5.31. The molecule has 0 aliphatic rings. The smallest absolute Gasteiger partial charge is 0.252 e. The minimum Gasteiger partial charge on any atom is -0.272 e. The highest BCUT2D eigenvalue weighted by Crippen LogP contribution is 2.25. The lowest BCUT2D eigenvalue weighted by Gasteiger charge is -2.16. The highest BCUT2D eigenvalue weighted by molar-refractivity contribution is 6.32. The summed E-state index contributed by atoms with van der Waals surface area (Å²) < 4.78 is 1.65. The van der Waals surface area contributed by atoms with E-state index in [1.54, 1.807) is 4.68 Å². The van der Waals surface area contributed by atoms with Gasteiger partial charge in [-0.05, 0) is 30.2 Å². The van der Waals surface area contributed by atoms with E-state index in [1.165, 1.54) is 6.21 Å². The van der Waals surface area contributed by atoms with Crippen LogP contribution >= 0.6 is 11.6 Å². The summed E-state index contributed by atoms with van der Waals surface area (Å²) in [5.41, 5.74) is 6.68. The largest absolute Gasteiger partial charge is 0.272 e. The summed E-state index contributed by atoms with van der Waals surface area (Å²) in [7, 11) is 0. The fourth-order valence-electron chi connectivity index (χ4n) is 3.41. The van der Waals surface area contributed by atoms with Crippen molar-refractivity contribution < 1.29 is 4.79 Å². The Morgan fingerprint density at radius 1 is 0.935 bits per heavy atom. The van der Waals surface area contributed by atoms with Gasteiger partial charge in [-0.3, -0.25) is 4.79 Å². The van der Waals surface area contributed by atoms with Gasteiger partial charge in [0.25, 0.3) is 5.91 Å². The first kappa shape index (κ1) is 20.6. The predicted octanol–water partition coefficient (Wildman–Crippen LogP) is 5.12. The number of para-hydroxylation sites is 1. The number of rotatable bonds is 6. The Morgan fingerprint density at radius 2 is 1.45 bits per heavy atom. The second kappa shape index (κ2) is 9.41. The molecular weight excluding hydrogens is 408 g/mol. The molecule has 1 N–H and O–H groups in total. The summed E-state index contributed by atoms with van der Waals surface area (Å²) >= 11 is 6.53. The van der Waals surface area contributed by atoms with Gasteiger partial charge in [0.15, 0.2) is 0 Å². The van der Waals surface area contributed by atoms with Gasteiger partial charge in [0.05, 0.1) is 29.1 Å². The summed E-state index contributed by atoms with van der Waals surface area (Å²) in [6.07, 6.45) is 1.54. The minimum absolute atomic E-state index is 0.224. The van der Waals surface area contributed by atoms with E-state index < -0.39 is 5.92 Å². The maximum Gasteiger partial charge on any atom is 0.252 e. The minimum atomic E-state index is -0.469. The molecule has 0 bridgehead atoms. The van der Waals surface area contributed by atoms with E-state index in [9.17, 15) is 4.79 Å². The Labute approximate surface area is 186 Å². The number of carbonyl (C=O) groups excluding carboxylic acids is 1. The first-order valence-electron chi connectivity index (χ1n) is 9.88. The standard InChI is InChI=1S/C25H21ClN4O/c1-18-22(24(26)30(29-18)21-15-9-4-10-16-21)17-27-28-25(31)23(19-11-5-2-6-12-19)20-13-7-3-8-14-20/h2-17,23H,1H3,(H,28,31)/b27-17+. The van der Waals surface area contributed by atoms with Gasteiger partial charge in [-0.15, -0.1) is 0 Å². The van der Waals surface area contributed by atoms with E-state index in [1.807, 2.05) is 97.9 Å². The number of carbonyl (C=O) groups is 1. The number of hydrogen-bond acceptors (Lipinski definition) is 3. The Balaban J connectivity index is 1.57. The van der Waals surface area contributed by atoms with Crippen molar-refractivity contribution >= 4 is 23.7 Å². The first-order chi connectivity index (χ1) is 15.1. The Morgan fingerprint density at radius 3 is 2.00 bits per heavy atom. The van der Waals surface area contributed by atoms with Crippen LogP contribution in [-0.4, -0.2) is 21.9 Å². The van der Waals surface area contributed by atoms with Gasteiger partial charge in [-0.1, -0.05) is 90.5 Å². The number of benzene rings is 3. The van der Waals surface area contributed by atoms with Gasteiger partial charge in [0.1, 0.15) is 5.15 Å². The normalized spacial score (nSPS) is 11.2. The number of amides is 1. The van der Waals surface area contributed by atoms with E-state index in [0.29, 0.717) is 10.7 Å². The topological polar surface area (TPSA) is 59.3 Å². The first-order valence-corrected chi connectivity index (χ1v) is 10.3. The van der Waals surface area contributed by atoms with Gasteiger partial charge in [-0.2, -0.15) is 10.2 Å². The highest BCUT2D eigenvalue weighted by atomic mass is 35.5. The van der Waals surface area contributed by atoms with E-state index in [0.717, 1.165) is 22.5 Å². The molecule has 6 heteroatoms. The van der Waals surface area contributed by atoms with Gasteiger partial charge in [0, 0.05) is 0 Å². The molecule has 0 fully saturated rings. The lowest BCUT2D eigenvalue weighted by Crippen LogP contribution is -2.26. The fraction of sp³-hybridized carbons (Fsp3) is 0.0800. The van der Waals surface area contributed by atoms with Crippen LogP contribution in [0.4, 0.5) is 0 Å². The van der Waals surface area contributed by atoms with Crippen molar-refractivity contribution in [3.05, 3.63) is 119 Å². The second-order valence-electron chi connectivity index (χ2n) is 7.03. The maximum absolute atomic E-state index is 13.1. The van der Waals surface area contributed by atoms with E-state index in [2.05, 4.69) is 15.6 Å². The Kier molecular flexibility index (Phi) is 6.24. The lowest BCUT2D eigenvalue weighted by molar-refractivity contribution is -0.121. The van der Waals surface area contributed by atoms with Crippen LogP contribution in [0.2, 0.25) is 5.15 Å². The third-order valence-electron chi connectivity index (χ3n) is 4.95. The number of halogens is 1. The van der Waals surface area contributed by atoms with Crippen molar-refractivity contribution in [1.29, 1.82) is 0 Å². The van der Waals surface area contributed by atoms with Crippen LogP contribution in [-0.2, 0) is 4.79 Å². The third kappa shape index (κ3) is 4.57. The van der Waals surface area contributed by atoms with Crippen molar-refractivity contribution in [3.8, 4) is 5.69 Å². The van der Waals surface area contributed by atoms with E-state index >= 15 is 0 Å². The molecule has 1 heterocycles. The molecule has 3 aromatic carbocycles. The average molecular weight is 429 g/mol. The lowest BCUT2D eigenvalue weighted by atomic mass is 9.91. The van der Waals surface area contributed by atoms with E-state index in [-0.39, 0.29) is 5.91 Å². The molecule has 31 heavy (non-hydrogen) atoms. The van der Waals surface area contributed by atoms with Crippen molar-refractivity contribution in [2.24, 2.45) is 5.10 Å². The van der Waals surface area contributed by atoms with Crippen LogP contribution in [0.15, 0.2) is 96.1 Å². The second-order valence-corrected chi connectivity index (χ2v) is 7.38. The molecule has 4 rings (SSSR count). The van der Waals surface area contributed by atoms with Gasteiger partial charge in [0.2, 0.25) is 0 Å². The number of aryl methyl sites for hydroxylation is 1. The fourth-order valence-corrected chi connectivity index (χ4v) is 3.73. The van der Waals surface area contributed by atoms with Crippen LogP contribution in [0.5, 0.6) is 0 Å². The monoisotopic (exact) mass is 428 g/mol. The predicted molar refractivity (Wildman–Crippen MR) is 124 cm³/mol. The maximum atomic E-state index is 13.1. The number of nitrogens with one attached hydrogen (secondary N) is 1. The molecule has 1 amide bonds. The molecule has 0 unspecified atom stereocenters. The quantitative estimate of drug-likeness (QED) is 0.342. The van der Waals surface area contributed by atoms with Crippen LogP contribution in [0.3, 0.4) is 0 Å². The van der Waals surface area contributed by atoms with Crippen molar-refractivity contribution in [1.82, 2.24) is 15.2 Å². The molecule has 1 aromatic heterocycles.